The smallest absolute Gasteiger partial charge is 0.142 e. The molecule has 0 saturated heterocycles. The van der Waals surface area contributed by atoms with E-state index in [4.69, 9.17) is 4.74 Å². The van der Waals surface area contributed by atoms with E-state index in [1.165, 1.54) is 5.69 Å². The lowest BCUT2D eigenvalue weighted by atomic mass is 10.2. The van der Waals surface area contributed by atoms with Gasteiger partial charge in [-0.25, -0.2) is 0 Å². The molecule has 0 radical (unpaired) electrons. The molecule has 0 saturated carbocycles. The molecule has 0 amide bonds. The maximum Gasteiger partial charge on any atom is 0.142 e. The minimum atomic E-state index is 0.813. The van der Waals surface area contributed by atoms with E-state index in [2.05, 4.69) is 28.9 Å². The van der Waals surface area contributed by atoms with E-state index >= 15 is 0 Å². The number of nitrogens with zero attached hydrogens (tertiary/aromatic N) is 1. The van der Waals surface area contributed by atoms with Crippen molar-refractivity contribution in [2.45, 2.75) is 6.42 Å². The van der Waals surface area contributed by atoms with Crippen LogP contribution in [0.15, 0.2) is 36.9 Å². The molecule has 1 heterocycles. The number of benzene rings is 1. The summed E-state index contributed by atoms with van der Waals surface area (Å²) in [7, 11) is 0. The third-order valence-corrected chi connectivity index (χ3v) is 2.88. The largest absolute Gasteiger partial charge is 0.491 e. The molecule has 1 aromatic rings. The topological polar surface area (TPSA) is 24.5 Å². The van der Waals surface area contributed by atoms with Crippen LogP contribution in [0.25, 0.3) is 0 Å². The molecule has 0 aliphatic carbocycles. The van der Waals surface area contributed by atoms with Crippen LogP contribution in [0.2, 0.25) is 0 Å². The van der Waals surface area contributed by atoms with Crippen LogP contribution in [0.1, 0.15) is 6.42 Å². The Bertz CT molecular complexity index is 365. The highest BCUT2D eigenvalue weighted by Crippen LogP contribution is 2.29. The fourth-order valence-electron chi connectivity index (χ4n) is 2.05. The summed E-state index contributed by atoms with van der Waals surface area (Å²) in [5, 5.41) is 3.33. The van der Waals surface area contributed by atoms with Crippen LogP contribution in [0.4, 0.5) is 5.69 Å². The molecule has 2 rings (SSSR count). The van der Waals surface area contributed by atoms with E-state index < -0.39 is 0 Å². The molecule has 3 heteroatoms. The van der Waals surface area contributed by atoms with Gasteiger partial charge in [-0.3, -0.25) is 0 Å². The first kappa shape index (κ1) is 12.0. The maximum atomic E-state index is 5.73. The van der Waals surface area contributed by atoms with Crippen LogP contribution in [0.5, 0.6) is 5.75 Å². The molecule has 0 bridgehead atoms. The summed E-state index contributed by atoms with van der Waals surface area (Å²) in [6, 6.07) is 8.27. The van der Waals surface area contributed by atoms with Gasteiger partial charge < -0.3 is 15.0 Å². The van der Waals surface area contributed by atoms with Gasteiger partial charge in [0.15, 0.2) is 0 Å². The molecule has 92 valence electrons. The van der Waals surface area contributed by atoms with Crippen molar-refractivity contribution in [3.8, 4) is 5.75 Å². The second kappa shape index (κ2) is 6.30. The monoisotopic (exact) mass is 232 g/mol. The summed E-state index contributed by atoms with van der Waals surface area (Å²) < 4.78 is 5.73. The molecule has 1 aromatic carbocycles. The standard InChI is InChI=1S/C14H20N2O/c1-2-8-15-9-11-16-10-5-12-17-14-7-4-3-6-13(14)16/h2-4,6-7,15H,1,5,8-12H2. The van der Waals surface area contributed by atoms with Crippen molar-refractivity contribution in [1.29, 1.82) is 0 Å². The second-order valence-electron chi connectivity index (χ2n) is 4.15. The van der Waals surface area contributed by atoms with Crippen molar-refractivity contribution in [2.24, 2.45) is 0 Å². The molecule has 1 N–H and O–H groups in total. The zero-order valence-corrected chi connectivity index (χ0v) is 10.2. The maximum absolute atomic E-state index is 5.73. The molecule has 17 heavy (non-hydrogen) atoms. The quantitative estimate of drug-likeness (QED) is 0.621. The second-order valence-corrected chi connectivity index (χ2v) is 4.15. The molecule has 0 atom stereocenters. The van der Waals surface area contributed by atoms with E-state index in [0.717, 1.165) is 45.0 Å². The Kier molecular flexibility index (Phi) is 4.45. The van der Waals surface area contributed by atoms with Crippen molar-refractivity contribution < 1.29 is 4.74 Å². The van der Waals surface area contributed by atoms with Gasteiger partial charge in [-0.2, -0.15) is 0 Å². The van der Waals surface area contributed by atoms with Crippen LogP contribution in [-0.2, 0) is 0 Å². The van der Waals surface area contributed by atoms with Crippen LogP contribution < -0.4 is 15.0 Å². The molecule has 1 aliphatic rings. The first-order valence-corrected chi connectivity index (χ1v) is 6.20. The van der Waals surface area contributed by atoms with E-state index in [0.29, 0.717) is 0 Å². The molecule has 3 nitrogen and oxygen atoms in total. The number of anilines is 1. The lowest BCUT2D eigenvalue weighted by molar-refractivity contribution is 0.322. The molecule has 0 unspecified atom stereocenters. The number of rotatable bonds is 5. The summed E-state index contributed by atoms with van der Waals surface area (Å²) in [5.74, 6) is 1.01. The molecular formula is C14H20N2O. The molecule has 0 spiro atoms. The Morgan fingerprint density at radius 1 is 1.41 bits per heavy atom. The number of nitrogens with one attached hydrogen (secondary N) is 1. The Balaban J connectivity index is 1.99. The number of fused-ring (bicyclic) bond motifs is 1. The first-order chi connectivity index (χ1) is 8.42. The first-order valence-electron chi connectivity index (χ1n) is 6.20. The Morgan fingerprint density at radius 3 is 3.18 bits per heavy atom. The van der Waals surface area contributed by atoms with Crippen LogP contribution in [0.3, 0.4) is 0 Å². The van der Waals surface area contributed by atoms with Crippen LogP contribution in [0, 0.1) is 0 Å². The fourth-order valence-corrected chi connectivity index (χ4v) is 2.05. The summed E-state index contributed by atoms with van der Waals surface area (Å²) in [6.07, 6.45) is 2.97. The van der Waals surface area contributed by atoms with Crippen molar-refractivity contribution in [1.82, 2.24) is 5.32 Å². The van der Waals surface area contributed by atoms with Crippen LogP contribution >= 0.6 is 0 Å². The number of para-hydroxylation sites is 2. The van der Waals surface area contributed by atoms with Gasteiger partial charge in [-0.15, -0.1) is 6.58 Å². The average Bonchev–Trinajstić information content (AvgIpc) is 2.57. The van der Waals surface area contributed by atoms with Gasteiger partial charge in [0.2, 0.25) is 0 Å². The Hall–Kier alpha value is -1.48. The molecule has 1 aliphatic heterocycles. The summed E-state index contributed by atoms with van der Waals surface area (Å²) in [5.41, 5.74) is 1.21. The van der Waals surface area contributed by atoms with Gasteiger partial charge in [0, 0.05) is 26.2 Å². The van der Waals surface area contributed by atoms with Crippen LogP contribution in [-0.4, -0.2) is 32.8 Å². The van der Waals surface area contributed by atoms with Crippen molar-refractivity contribution in [3.63, 3.8) is 0 Å². The van der Waals surface area contributed by atoms with Gasteiger partial charge in [0.1, 0.15) is 5.75 Å². The predicted molar refractivity (Wildman–Crippen MR) is 71.8 cm³/mol. The van der Waals surface area contributed by atoms with E-state index in [1.807, 2.05) is 18.2 Å². The third kappa shape index (κ3) is 3.24. The highest BCUT2D eigenvalue weighted by atomic mass is 16.5. The minimum Gasteiger partial charge on any atom is -0.491 e. The Morgan fingerprint density at radius 2 is 2.29 bits per heavy atom. The van der Waals surface area contributed by atoms with Gasteiger partial charge >= 0.3 is 0 Å². The number of hydrogen-bond acceptors (Lipinski definition) is 3. The van der Waals surface area contributed by atoms with Gasteiger partial charge in [0.05, 0.1) is 12.3 Å². The highest BCUT2D eigenvalue weighted by molar-refractivity contribution is 5.58. The van der Waals surface area contributed by atoms with Crippen molar-refractivity contribution >= 4 is 5.69 Å². The SMILES string of the molecule is C=CCNCCN1CCCOc2ccccc21. The third-order valence-electron chi connectivity index (χ3n) is 2.88. The van der Waals surface area contributed by atoms with Crippen molar-refractivity contribution in [3.05, 3.63) is 36.9 Å². The summed E-state index contributed by atoms with van der Waals surface area (Å²) >= 11 is 0. The molecule has 0 fully saturated rings. The fraction of sp³-hybridized carbons (Fsp3) is 0.429. The van der Waals surface area contributed by atoms with E-state index in [-0.39, 0.29) is 0 Å². The molecule has 0 aromatic heterocycles. The zero-order valence-electron chi connectivity index (χ0n) is 10.2. The van der Waals surface area contributed by atoms with E-state index in [9.17, 15) is 0 Å². The lowest BCUT2D eigenvalue weighted by Gasteiger charge is -2.23. The van der Waals surface area contributed by atoms with Gasteiger partial charge in [-0.1, -0.05) is 18.2 Å². The summed E-state index contributed by atoms with van der Waals surface area (Å²) in [4.78, 5) is 2.39. The number of hydrogen-bond donors (Lipinski definition) is 1. The summed E-state index contributed by atoms with van der Waals surface area (Å²) in [6.45, 7) is 8.42. The normalized spacial score (nSPS) is 14.7. The lowest BCUT2D eigenvalue weighted by Crippen LogP contribution is -2.32. The van der Waals surface area contributed by atoms with Gasteiger partial charge in [-0.05, 0) is 18.6 Å². The van der Waals surface area contributed by atoms with Crippen molar-refractivity contribution in [2.75, 3.05) is 37.7 Å². The van der Waals surface area contributed by atoms with E-state index in [1.54, 1.807) is 0 Å². The molecular weight excluding hydrogens is 212 g/mol. The zero-order chi connectivity index (χ0) is 11.9. The average molecular weight is 232 g/mol. The Labute approximate surface area is 103 Å². The highest BCUT2D eigenvalue weighted by Gasteiger charge is 2.14. The number of ether oxygens (including phenoxy) is 1. The minimum absolute atomic E-state index is 0.813. The predicted octanol–water partition coefficient (Wildman–Crippen LogP) is 2.05. The van der Waals surface area contributed by atoms with Gasteiger partial charge in [0.25, 0.3) is 0 Å².